The second-order valence-electron chi connectivity index (χ2n) is 4.34. The number of hydrogen-bond donors (Lipinski definition) is 7. The molecular weight excluding hydrogens is 343 g/mol. The monoisotopic (exact) mass is 362 g/mol. The zero-order valence-corrected chi connectivity index (χ0v) is 12.7. The Hall–Kier alpha value is -0.790. The molecule has 0 rings (SSSR count). The smallest absolute Gasteiger partial charge is 0.394 e. The molecule has 0 amide bonds. The molecule has 13 heteroatoms. The summed E-state index contributed by atoms with van der Waals surface area (Å²) in [6.45, 7) is -4.18. The fraction of sp³-hybridized carbons (Fsp3) is 0.800. The number of hydrogen-bond acceptors (Lipinski definition) is 11. The number of rotatable bonds is 12. The number of aliphatic hydroxyl groups excluding tert-OH is 6. The van der Waals surface area contributed by atoms with Gasteiger partial charge in [0, 0.05) is 0 Å². The van der Waals surface area contributed by atoms with Gasteiger partial charge in [-0.15, -0.1) is 0 Å². The molecule has 0 saturated heterocycles. The van der Waals surface area contributed by atoms with Crippen molar-refractivity contribution >= 4 is 19.4 Å². The Kier molecular flexibility index (Phi) is 9.80. The molecule has 1 unspecified atom stereocenters. The highest BCUT2D eigenvalue weighted by atomic mass is 31.2. The topological polar surface area (TPSA) is 211 Å². The van der Waals surface area contributed by atoms with E-state index in [1.165, 1.54) is 0 Å². The SMILES string of the molecule is O=C(COP(=O)(O)OC[C@@H](O)[C@H](O)C(=O)CO)[C@@H](O)[C@H](O)CO. The number of carbonyl (C=O) groups is 2. The van der Waals surface area contributed by atoms with E-state index in [-0.39, 0.29) is 0 Å². The van der Waals surface area contributed by atoms with Gasteiger partial charge in [0.1, 0.15) is 37.6 Å². The normalized spacial score (nSPS) is 19.4. The van der Waals surface area contributed by atoms with E-state index in [2.05, 4.69) is 9.05 Å². The molecule has 0 aliphatic heterocycles. The molecule has 0 fully saturated rings. The number of Topliss-reactive ketones (excluding diaryl/α,β-unsaturated/α-hetero) is 2. The highest BCUT2D eigenvalue weighted by Gasteiger charge is 2.31. The minimum absolute atomic E-state index is 0.927. The number of ketones is 2. The molecule has 12 nitrogen and oxygen atoms in total. The fourth-order valence-electron chi connectivity index (χ4n) is 1.15. The molecule has 7 N–H and O–H groups in total. The molecule has 23 heavy (non-hydrogen) atoms. The van der Waals surface area contributed by atoms with E-state index in [0.29, 0.717) is 0 Å². The minimum atomic E-state index is -4.88. The van der Waals surface area contributed by atoms with Crippen LogP contribution in [-0.4, -0.2) is 97.9 Å². The van der Waals surface area contributed by atoms with E-state index in [0.717, 1.165) is 0 Å². The van der Waals surface area contributed by atoms with Crippen molar-refractivity contribution in [1.29, 1.82) is 0 Å². The summed E-state index contributed by atoms with van der Waals surface area (Å²) >= 11 is 0. The van der Waals surface area contributed by atoms with Gasteiger partial charge in [0.15, 0.2) is 11.6 Å². The van der Waals surface area contributed by atoms with Crippen LogP contribution in [0.15, 0.2) is 0 Å². The molecule has 0 spiro atoms. The van der Waals surface area contributed by atoms with Crippen molar-refractivity contribution in [3.05, 3.63) is 0 Å². The van der Waals surface area contributed by atoms with Gasteiger partial charge in [-0.1, -0.05) is 0 Å². The third-order valence-corrected chi connectivity index (χ3v) is 3.44. The van der Waals surface area contributed by atoms with Crippen LogP contribution in [0, 0.1) is 0 Å². The Morgan fingerprint density at radius 3 is 1.91 bits per heavy atom. The molecule has 0 aliphatic rings. The summed E-state index contributed by atoms with van der Waals surface area (Å²) in [6, 6.07) is 0. The first-order valence-corrected chi connectivity index (χ1v) is 7.66. The second-order valence-corrected chi connectivity index (χ2v) is 5.79. The Morgan fingerprint density at radius 2 is 1.43 bits per heavy atom. The van der Waals surface area contributed by atoms with Crippen LogP contribution < -0.4 is 0 Å². The van der Waals surface area contributed by atoms with Gasteiger partial charge >= 0.3 is 7.82 Å². The maximum atomic E-state index is 11.4. The van der Waals surface area contributed by atoms with Crippen LogP contribution in [0.2, 0.25) is 0 Å². The third kappa shape index (κ3) is 8.04. The van der Waals surface area contributed by atoms with Gasteiger partial charge in [-0.2, -0.15) is 0 Å². The van der Waals surface area contributed by atoms with E-state index in [1.54, 1.807) is 0 Å². The highest BCUT2D eigenvalue weighted by Crippen LogP contribution is 2.43. The standard InChI is InChI=1S/C10H19O12P/c11-1-5(13)9(17)7(15)3-21-23(19,20)22-4-8(16)10(18)6(14)2-12/h5,8-13,16-18H,1-4H2,(H,19,20)/t5-,8-,9+,10-/m1/s1. The van der Waals surface area contributed by atoms with Crippen molar-refractivity contribution < 1.29 is 58.7 Å². The Labute approximate surface area is 130 Å². The van der Waals surface area contributed by atoms with Gasteiger partial charge in [-0.25, -0.2) is 4.57 Å². The predicted molar refractivity (Wildman–Crippen MR) is 69.9 cm³/mol. The van der Waals surface area contributed by atoms with E-state index in [1.807, 2.05) is 0 Å². The largest absolute Gasteiger partial charge is 0.472 e. The van der Waals surface area contributed by atoms with E-state index < -0.39 is 70.2 Å². The molecule has 0 heterocycles. The summed E-state index contributed by atoms with van der Waals surface area (Å²) in [7, 11) is -4.88. The molecule has 0 aromatic carbocycles. The third-order valence-electron chi connectivity index (χ3n) is 2.51. The molecule has 0 aromatic rings. The maximum absolute atomic E-state index is 11.4. The molecule has 0 bridgehead atoms. The zero-order chi connectivity index (χ0) is 18.2. The maximum Gasteiger partial charge on any atom is 0.472 e. The summed E-state index contributed by atoms with van der Waals surface area (Å²) in [5.41, 5.74) is 0. The fourth-order valence-corrected chi connectivity index (χ4v) is 1.86. The van der Waals surface area contributed by atoms with E-state index >= 15 is 0 Å². The van der Waals surface area contributed by atoms with Crippen LogP contribution in [0.25, 0.3) is 0 Å². The number of phosphoric ester groups is 1. The van der Waals surface area contributed by atoms with Gasteiger partial charge < -0.3 is 35.5 Å². The molecule has 0 aliphatic carbocycles. The van der Waals surface area contributed by atoms with Crippen molar-refractivity contribution in [2.45, 2.75) is 24.4 Å². The van der Waals surface area contributed by atoms with Crippen molar-refractivity contribution in [2.75, 3.05) is 26.4 Å². The lowest BCUT2D eigenvalue weighted by molar-refractivity contribution is -0.137. The number of phosphoric acid groups is 1. The van der Waals surface area contributed by atoms with Crippen LogP contribution in [0.1, 0.15) is 0 Å². The summed E-state index contributed by atoms with van der Waals surface area (Å²) < 4.78 is 19.8. The van der Waals surface area contributed by atoms with Gasteiger partial charge in [-0.05, 0) is 0 Å². The first-order valence-electron chi connectivity index (χ1n) is 6.17. The summed E-state index contributed by atoms with van der Waals surface area (Å²) in [4.78, 5) is 31.3. The quantitative estimate of drug-likeness (QED) is 0.164. The first kappa shape index (κ1) is 22.2. The molecule has 0 radical (unpaired) electrons. The van der Waals surface area contributed by atoms with E-state index in [4.69, 9.17) is 15.3 Å². The average molecular weight is 362 g/mol. The lowest BCUT2D eigenvalue weighted by atomic mass is 10.1. The molecule has 5 atom stereocenters. The summed E-state index contributed by atoms with van der Waals surface area (Å²) in [5.74, 6) is -2.37. The summed E-state index contributed by atoms with van der Waals surface area (Å²) in [5, 5.41) is 53.6. The number of carbonyl (C=O) groups excluding carboxylic acids is 2. The van der Waals surface area contributed by atoms with Crippen molar-refractivity contribution in [3.63, 3.8) is 0 Å². The predicted octanol–water partition coefficient (Wildman–Crippen LogP) is -4.31. The van der Waals surface area contributed by atoms with Gasteiger partial charge in [0.05, 0.1) is 13.2 Å². The Balaban J connectivity index is 4.37. The summed E-state index contributed by atoms with van der Waals surface area (Å²) in [6.07, 6.45) is -7.83. The molecule has 136 valence electrons. The van der Waals surface area contributed by atoms with Crippen LogP contribution in [0.4, 0.5) is 0 Å². The van der Waals surface area contributed by atoms with Crippen LogP contribution in [0.3, 0.4) is 0 Å². The van der Waals surface area contributed by atoms with Gasteiger partial charge in [0.2, 0.25) is 0 Å². The van der Waals surface area contributed by atoms with Crippen molar-refractivity contribution in [3.8, 4) is 0 Å². The molecular formula is C10H19O12P. The molecule has 0 aromatic heterocycles. The Morgan fingerprint density at radius 1 is 0.913 bits per heavy atom. The second kappa shape index (κ2) is 10.2. The van der Waals surface area contributed by atoms with Crippen molar-refractivity contribution in [1.82, 2.24) is 0 Å². The van der Waals surface area contributed by atoms with Gasteiger partial charge in [0.25, 0.3) is 0 Å². The average Bonchev–Trinajstić information content (AvgIpc) is 2.54. The lowest BCUT2D eigenvalue weighted by Crippen LogP contribution is -2.39. The lowest BCUT2D eigenvalue weighted by Gasteiger charge is -2.19. The highest BCUT2D eigenvalue weighted by molar-refractivity contribution is 7.47. The van der Waals surface area contributed by atoms with Crippen molar-refractivity contribution in [2.24, 2.45) is 0 Å². The molecule has 0 saturated carbocycles. The number of aliphatic hydroxyl groups is 6. The van der Waals surface area contributed by atoms with Crippen LogP contribution in [-0.2, 0) is 23.2 Å². The van der Waals surface area contributed by atoms with E-state index in [9.17, 15) is 34.4 Å². The zero-order valence-electron chi connectivity index (χ0n) is 11.8. The van der Waals surface area contributed by atoms with Gasteiger partial charge in [-0.3, -0.25) is 18.6 Å². The van der Waals surface area contributed by atoms with Crippen LogP contribution in [0.5, 0.6) is 0 Å². The first-order chi connectivity index (χ1) is 10.6. The minimum Gasteiger partial charge on any atom is -0.394 e. The Bertz CT molecular complexity index is 440. The van der Waals surface area contributed by atoms with Crippen LogP contribution >= 0.6 is 7.82 Å².